The molecule has 1 aliphatic rings. The van der Waals surface area contributed by atoms with Crippen molar-refractivity contribution in [3.63, 3.8) is 0 Å². The van der Waals surface area contributed by atoms with E-state index in [4.69, 9.17) is 0 Å². The summed E-state index contributed by atoms with van der Waals surface area (Å²) in [5.41, 5.74) is 1.09. The Morgan fingerprint density at radius 3 is 2.60 bits per heavy atom. The molecule has 1 aliphatic heterocycles. The van der Waals surface area contributed by atoms with Gasteiger partial charge in [0.2, 0.25) is 11.8 Å². The molecule has 2 aromatic carbocycles. The van der Waals surface area contributed by atoms with Gasteiger partial charge in [0.25, 0.3) is 5.91 Å². The van der Waals surface area contributed by atoms with E-state index >= 15 is 0 Å². The molecule has 0 radical (unpaired) electrons. The number of para-hydroxylation sites is 1. The van der Waals surface area contributed by atoms with Gasteiger partial charge in [-0.2, -0.15) is 0 Å². The second-order valence-corrected chi connectivity index (χ2v) is 5.63. The van der Waals surface area contributed by atoms with Gasteiger partial charge in [0.05, 0.1) is 17.7 Å². The number of hydrogen-bond donors (Lipinski definition) is 3. The van der Waals surface area contributed by atoms with Crippen LogP contribution in [0.4, 0.5) is 10.1 Å². The van der Waals surface area contributed by atoms with Crippen molar-refractivity contribution in [1.29, 1.82) is 0 Å². The Morgan fingerprint density at radius 1 is 1.08 bits per heavy atom. The minimum Gasteiger partial charge on any atom is -0.352 e. The summed E-state index contributed by atoms with van der Waals surface area (Å²) >= 11 is 0. The van der Waals surface area contributed by atoms with Crippen molar-refractivity contribution in [1.82, 2.24) is 10.6 Å². The summed E-state index contributed by atoms with van der Waals surface area (Å²) in [6.45, 7) is 0.00795. The van der Waals surface area contributed by atoms with E-state index in [1.807, 2.05) is 0 Å². The predicted molar refractivity (Wildman–Crippen MR) is 89.2 cm³/mol. The minimum absolute atomic E-state index is 0.00795. The standard InChI is InChI=1S/C18H16FN3O3/c19-13-7-3-1-5-11(13)10-20-16(23)9-15-18(25)21-14-8-4-2-6-12(14)17(24)22-15/h1-8,15H,9-10H2,(H,20,23)(H,21,25)(H,22,24)/t15-/m1/s1. The van der Waals surface area contributed by atoms with Gasteiger partial charge in [-0.25, -0.2) is 4.39 Å². The zero-order valence-corrected chi connectivity index (χ0v) is 13.2. The van der Waals surface area contributed by atoms with Crippen molar-refractivity contribution >= 4 is 23.4 Å². The quantitative estimate of drug-likeness (QED) is 0.789. The minimum atomic E-state index is -1.000. The molecule has 0 unspecified atom stereocenters. The van der Waals surface area contributed by atoms with Crippen molar-refractivity contribution in [3.05, 3.63) is 65.5 Å². The van der Waals surface area contributed by atoms with Gasteiger partial charge in [0.15, 0.2) is 0 Å². The monoisotopic (exact) mass is 341 g/mol. The molecule has 0 spiro atoms. The molecule has 1 atom stereocenters. The first-order valence-corrected chi connectivity index (χ1v) is 7.75. The maximum atomic E-state index is 13.5. The fourth-order valence-electron chi connectivity index (χ4n) is 2.55. The van der Waals surface area contributed by atoms with Crippen molar-refractivity contribution in [2.75, 3.05) is 5.32 Å². The van der Waals surface area contributed by atoms with E-state index in [0.29, 0.717) is 16.8 Å². The molecule has 0 fully saturated rings. The molecule has 0 aromatic heterocycles. The SMILES string of the molecule is O=C(C[C@H]1NC(=O)c2ccccc2NC1=O)NCc1ccccc1F. The zero-order chi connectivity index (χ0) is 17.8. The van der Waals surface area contributed by atoms with Gasteiger partial charge in [0, 0.05) is 12.1 Å². The van der Waals surface area contributed by atoms with Crippen molar-refractivity contribution in [2.45, 2.75) is 19.0 Å². The second kappa shape index (κ2) is 7.12. The van der Waals surface area contributed by atoms with E-state index in [1.54, 1.807) is 42.5 Å². The molecule has 0 bridgehead atoms. The van der Waals surface area contributed by atoms with Gasteiger partial charge >= 0.3 is 0 Å². The van der Waals surface area contributed by atoms with Gasteiger partial charge < -0.3 is 16.0 Å². The smallest absolute Gasteiger partial charge is 0.254 e. The van der Waals surface area contributed by atoms with E-state index in [1.165, 1.54) is 6.07 Å². The number of hydrogen-bond acceptors (Lipinski definition) is 3. The molecule has 0 aliphatic carbocycles. The molecule has 25 heavy (non-hydrogen) atoms. The normalized spacial score (nSPS) is 16.3. The number of rotatable bonds is 4. The molecule has 7 heteroatoms. The summed E-state index contributed by atoms with van der Waals surface area (Å²) in [5, 5.41) is 7.72. The van der Waals surface area contributed by atoms with Crippen LogP contribution >= 0.6 is 0 Å². The number of benzene rings is 2. The number of halogens is 1. The number of nitrogens with one attached hydrogen (secondary N) is 3. The third-order valence-electron chi connectivity index (χ3n) is 3.87. The molecule has 128 valence electrons. The third kappa shape index (κ3) is 3.82. The zero-order valence-electron chi connectivity index (χ0n) is 13.2. The lowest BCUT2D eigenvalue weighted by Crippen LogP contribution is -2.44. The van der Waals surface area contributed by atoms with Crippen molar-refractivity contribution < 1.29 is 18.8 Å². The molecule has 3 N–H and O–H groups in total. The van der Waals surface area contributed by atoms with Crippen LogP contribution in [0.1, 0.15) is 22.3 Å². The van der Waals surface area contributed by atoms with E-state index < -0.39 is 29.6 Å². The van der Waals surface area contributed by atoms with Crippen molar-refractivity contribution in [3.8, 4) is 0 Å². The van der Waals surface area contributed by atoms with Crippen LogP contribution in [0.15, 0.2) is 48.5 Å². The van der Waals surface area contributed by atoms with Gasteiger partial charge in [-0.15, -0.1) is 0 Å². The van der Waals surface area contributed by atoms with Crippen LogP contribution < -0.4 is 16.0 Å². The Labute approximate surface area is 143 Å². The molecule has 3 rings (SSSR count). The highest BCUT2D eigenvalue weighted by molar-refractivity contribution is 6.10. The summed E-state index contributed by atoms with van der Waals surface area (Å²) in [6, 6.07) is 11.7. The summed E-state index contributed by atoms with van der Waals surface area (Å²) in [6.07, 6.45) is -0.236. The van der Waals surface area contributed by atoms with Crippen LogP contribution in [0.3, 0.4) is 0 Å². The molecule has 0 saturated heterocycles. The Morgan fingerprint density at radius 2 is 1.80 bits per heavy atom. The molecular formula is C18H16FN3O3. The Balaban J connectivity index is 1.63. The Kier molecular flexibility index (Phi) is 4.74. The van der Waals surface area contributed by atoms with Crippen LogP contribution in [0, 0.1) is 5.82 Å². The largest absolute Gasteiger partial charge is 0.352 e. The van der Waals surface area contributed by atoms with Crippen LogP contribution in [0.25, 0.3) is 0 Å². The van der Waals surface area contributed by atoms with Crippen LogP contribution in [-0.4, -0.2) is 23.8 Å². The maximum Gasteiger partial charge on any atom is 0.254 e. The maximum absolute atomic E-state index is 13.5. The number of amides is 3. The molecular weight excluding hydrogens is 325 g/mol. The first-order valence-electron chi connectivity index (χ1n) is 7.75. The van der Waals surface area contributed by atoms with Gasteiger partial charge in [-0.05, 0) is 18.2 Å². The summed E-state index contributed by atoms with van der Waals surface area (Å²) in [5.74, 6) is -1.78. The summed E-state index contributed by atoms with van der Waals surface area (Å²) in [7, 11) is 0. The highest BCUT2D eigenvalue weighted by Gasteiger charge is 2.29. The molecule has 6 nitrogen and oxygen atoms in total. The molecule has 0 saturated carbocycles. The predicted octanol–water partition coefficient (Wildman–Crippen LogP) is 1.58. The third-order valence-corrected chi connectivity index (χ3v) is 3.87. The lowest BCUT2D eigenvalue weighted by atomic mass is 10.1. The topological polar surface area (TPSA) is 87.3 Å². The molecule has 3 amide bonds. The average molecular weight is 341 g/mol. The van der Waals surface area contributed by atoms with Crippen LogP contribution in [0.2, 0.25) is 0 Å². The molecule has 2 aromatic rings. The highest BCUT2D eigenvalue weighted by Crippen LogP contribution is 2.18. The van der Waals surface area contributed by atoms with Crippen LogP contribution in [0.5, 0.6) is 0 Å². The average Bonchev–Trinajstić information content (AvgIpc) is 2.71. The summed E-state index contributed by atoms with van der Waals surface area (Å²) in [4.78, 5) is 36.5. The number of fused-ring (bicyclic) bond motifs is 1. The lowest BCUT2D eigenvalue weighted by Gasteiger charge is -2.14. The second-order valence-electron chi connectivity index (χ2n) is 5.63. The van der Waals surface area contributed by atoms with E-state index in [2.05, 4.69) is 16.0 Å². The highest BCUT2D eigenvalue weighted by atomic mass is 19.1. The van der Waals surface area contributed by atoms with E-state index in [9.17, 15) is 18.8 Å². The molecule has 1 heterocycles. The fourth-order valence-corrected chi connectivity index (χ4v) is 2.55. The van der Waals surface area contributed by atoms with Gasteiger partial charge in [-0.3, -0.25) is 14.4 Å². The number of anilines is 1. The Bertz CT molecular complexity index is 838. The first-order chi connectivity index (χ1) is 12.0. The van der Waals surface area contributed by atoms with Gasteiger partial charge in [-0.1, -0.05) is 30.3 Å². The van der Waals surface area contributed by atoms with Gasteiger partial charge in [0.1, 0.15) is 11.9 Å². The van der Waals surface area contributed by atoms with Crippen LogP contribution in [-0.2, 0) is 16.1 Å². The van der Waals surface area contributed by atoms with E-state index in [-0.39, 0.29) is 13.0 Å². The van der Waals surface area contributed by atoms with E-state index in [0.717, 1.165) is 0 Å². The summed E-state index contributed by atoms with van der Waals surface area (Å²) < 4.78 is 13.5. The number of carbonyl (C=O) groups excluding carboxylic acids is 3. The number of carbonyl (C=O) groups is 3. The van der Waals surface area contributed by atoms with Crippen molar-refractivity contribution in [2.24, 2.45) is 0 Å². The lowest BCUT2D eigenvalue weighted by molar-refractivity contribution is -0.125. The first kappa shape index (κ1) is 16.6. The Hall–Kier alpha value is -3.22. The fraction of sp³-hybridized carbons (Fsp3) is 0.167.